The van der Waals surface area contributed by atoms with Gasteiger partial charge in [0.05, 0.1) is 10.5 Å². The smallest absolute Gasteiger partial charge is 0.193 e. The van der Waals surface area contributed by atoms with Gasteiger partial charge in [0.15, 0.2) is 15.8 Å². The number of aliphatic imine (C=N–C) groups is 1. The molecule has 0 aromatic heterocycles. The van der Waals surface area contributed by atoms with Gasteiger partial charge in [-0.05, 0) is 49.1 Å². The number of hydrogen-bond donors (Lipinski definition) is 1. The van der Waals surface area contributed by atoms with Crippen LogP contribution in [0.2, 0.25) is 0 Å². The lowest BCUT2D eigenvalue weighted by molar-refractivity contribution is 0.352. The Hall–Kier alpha value is -0.830. The van der Waals surface area contributed by atoms with Gasteiger partial charge in [0.1, 0.15) is 0 Å². The fourth-order valence-electron chi connectivity index (χ4n) is 4.63. The van der Waals surface area contributed by atoms with Gasteiger partial charge in [0, 0.05) is 26.7 Å². The summed E-state index contributed by atoms with van der Waals surface area (Å²) >= 11 is 0. The maximum absolute atomic E-state index is 12.2. The minimum Gasteiger partial charge on any atom is -0.356 e. The molecule has 5 nitrogen and oxygen atoms in total. The highest BCUT2D eigenvalue weighted by Crippen LogP contribution is 2.60. The van der Waals surface area contributed by atoms with Crippen molar-refractivity contribution in [3.8, 4) is 0 Å². The van der Waals surface area contributed by atoms with Gasteiger partial charge in [-0.15, -0.1) is 24.0 Å². The Bertz CT molecular complexity index is 822. The second-order valence-corrected chi connectivity index (χ2v) is 10.9. The Balaban J connectivity index is 0.00000196. The van der Waals surface area contributed by atoms with E-state index < -0.39 is 14.6 Å². The summed E-state index contributed by atoms with van der Waals surface area (Å²) in [5, 5.41) is 3.51. The van der Waals surface area contributed by atoms with Crippen LogP contribution in [0.3, 0.4) is 0 Å². The Kier molecular flexibility index (Phi) is 5.33. The number of rotatable bonds is 2. The molecule has 1 saturated heterocycles. The van der Waals surface area contributed by atoms with Crippen molar-refractivity contribution in [3.05, 3.63) is 35.4 Å². The van der Waals surface area contributed by atoms with Crippen LogP contribution in [0.25, 0.3) is 0 Å². The molecule has 0 bridgehead atoms. The number of sulfone groups is 1. The van der Waals surface area contributed by atoms with Crippen LogP contribution in [0.15, 0.2) is 29.3 Å². The van der Waals surface area contributed by atoms with Crippen molar-refractivity contribution < 1.29 is 8.42 Å². The van der Waals surface area contributed by atoms with Crippen molar-refractivity contribution in [2.45, 2.75) is 30.9 Å². The molecule has 3 atom stereocenters. The van der Waals surface area contributed by atoms with Crippen LogP contribution in [-0.2, 0) is 16.3 Å². The minimum absolute atomic E-state index is 0. The molecule has 1 heterocycles. The molecule has 3 unspecified atom stereocenters. The van der Waals surface area contributed by atoms with Crippen LogP contribution in [0.5, 0.6) is 0 Å². The first-order valence-electron chi connectivity index (χ1n) is 9.10. The van der Waals surface area contributed by atoms with Crippen LogP contribution in [0, 0.1) is 11.8 Å². The van der Waals surface area contributed by atoms with Crippen LogP contribution in [-0.4, -0.2) is 56.5 Å². The molecule has 1 saturated carbocycles. The lowest BCUT2D eigenvalue weighted by Gasteiger charge is -2.39. The van der Waals surface area contributed by atoms with Crippen LogP contribution in [0.4, 0.5) is 0 Å². The van der Waals surface area contributed by atoms with Gasteiger partial charge < -0.3 is 10.2 Å². The number of guanidine groups is 1. The summed E-state index contributed by atoms with van der Waals surface area (Å²) in [6, 6.07) is 8.79. The normalized spacial score (nSPS) is 30.8. The van der Waals surface area contributed by atoms with E-state index in [-0.39, 0.29) is 29.7 Å². The van der Waals surface area contributed by atoms with E-state index >= 15 is 0 Å². The van der Waals surface area contributed by atoms with Gasteiger partial charge in [-0.1, -0.05) is 24.3 Å². The SMILES string of the molecule is CN=C(NCC1C2Cc3ccccc3C12)N1CCS(=O)(=O)C(C)(C)C1.I. The van der Waals surface area contributed by atoms with Gasteiger partial charge in [-0.2, -0.15) is 0 Å². The molecular formula is C19H28IN3O2S. The summed E-state index contributed by atoms with van der Waals surface area (Å²) in [6.07, 6.45) is 1.20. The summed E-state index contributed by atoms with van der Waals surface area (Å²) in [5.74, 6) is 3.17. The quantitative estimate of drug-likeness (QED) is 0.394. The molecule has 1 aromatic rings. The number of nitrogens with zero attached hydrogens (tertiary/aromatic N) is 2. The second-order valence-electron chi connectivity index (χ2n) is 8.18. The largest absolute Gasteiger partial charge is 0.356 e. The summed E-state index contributed by atoms with van der Waals surface area (Å²) in [7, 11) is -1.25. The van der Waals surface area contributed by atoms with Crippen molar-refractivity contribution >= 4 is 39.8 Å². The molecule has 1 aromatic carbocycles. The highest BCUT2D eigenvalue weighted by Gasteiger charge is 2.55. The predicted octanol–water partition coefficient (Wildman–Crippen LogP) is 2.27. The number of benzene rings is 1. The number of halogens is 1. The number of hydrogen-bond acceptors (Lipinski definition) is 3. The minimum atomic E-state index is -3.02. The molecule has 7 heteroatoms. The monoisotopic (exact) mass is 489 g/mol. The molecule has 2 aliphatic carbocycles. The van der Waals surface area contributed by atoms with Crippen molar-refractivity contribution in [3.63, 3.8) is 0 Å². The van der Waals surface area contributed by atoms with Gasteiger partial charge in [-0.3, -0.25) is 4.99 Å². The Morgan fingerprint density at radius 3 is 2.77 bits per heavy atom. The zero-order chi connectivity index (χ0) is 17.8. The van der Waals surface area contributed by atoms with Crippen molar-refractivity contribution in [1.29, 1.82) is 0 Å². The first-order chi connectivity index (χ1) is 11.8. The second kappa shape index (κ2) is 6.96. The maximum atomic E-state index is 12.2. The third-order valence-corrected chi connectivity index (χ3v) is 8.79. The molecule has 26 heavy (non-hydrogen) atoms. The van der Waals surface area contributed by atoms with Gasteiger partial charge in [0.2, 0.25) is 0 Å². The zero-order valence-electron chi connectivity index (χ0n) is 15.6. The molecule has 1 N–H and O–H groups in total. The van der Waals surface area contributed by atoms with E-state index in [0.717, 1.165) is 18.4 Å². The van der Waals surface area contributed by atoms with Gasteiger partial charge in [-0.25, -0.2) is 8.42 Å². The zero-order valence-corrected chi connectivity index (χ0v) is 18.8. The molecule has 4 rings (SSSR count). The fourth-order valence-corrected chi connectivity index (χ4v) is 5.99. The lowest BCUT2D eigenvalue weighted by Crippen LogP contribution is -2.57. The van der Waals surface area contributed by atoms with E-state index in [4.69, 9.17) is 0 Å². The Morgan fingerprint density at radius 1 is 1.35 bits per heavy atom. The van der Waals surface area contributed by atoms with Crippen LogP contribution in [0.1, 0.15) is 30.9 Å². The molecule has 3 aliphatic rings. The Labute approximate surface area is 173 Å². The van der Waals surface area contributed by atoms with Crippen molar-refractivity contribution in [1.82, 2.24) is 10.2 Å². The molecule has 1 aliphatic heterocycles. The molecular weight excluding hydrogens is 461 g/mol. The first kappa shape index (κ1) is 19.9. The topological polar surface area (TPSA) is 61.8 Å². The molecule has 144 valence electrons. The molecule has 0 amide bonds. The Morgan fingerprint density at radius 2 is 2.08 bits per heavy atom. The highest BCUT2D eigenvalue weighted by atomic mass is 127. The average Bonchev–Trinajstić information content (AvgIpc) is 3.09. The first-order valence-corrected chi connectivity index (χ1v) is 10.7. The molecule has 0 radical (unpaired) electrons. The van der Waals surface area contributed by atoms with Crippen molar-refractivity contribution in [2.24, 2.45) is 16.8 Å². The average molecular weight is 489 g/mol. The fraction of sp³-hybridized carbons (Fsp3) is 0.632. The number of fused-ring (bicyclic) bond motifs is 3. The lowest BCUT2D eigenvalue weighted by atomic mass is 10.0. The van der Waals surface area contributed by atoms with E-state index in [2.05, 4.69) is 39.5 Å². The third kappa shape index (κ3) is 3.25. The molecule has 2 fully saturated rings. The standard InChI is InChI=1S/C19H27N3O2S.HI/c1-19(2)12-22(8-9-25(19,23)24)18(20-3)21-11-16-15-10-13-6-4-5-7-14(13)17(15)16;/h4-7,15-17H,8-12H2,1-3H3,(H,20,21);1H. The maximum Gasteiger partial charge on any atom is 0.193 e. The van der Waals surface area contributed by atoms with E-state index in [9.17, 15) is 8.42 Å². The van der Waals surface area contributed by atoms with Gasteiger partial charge >= 0.3 is 0 Å². The molecule has 0 spiro atoms. The van der Waals surface area contributed by atoms with E-state index in [1.165, 1.54) is 17.5 Å². The number of nitrogens with one attached hydrogen (secondary N) is 1. The summed E-state index contributed by atoms with van der Waals surface area (Å²) < 4.78 is 23.7. The van der Waals surface area contributed by atoms with Gasteiger partial charge in [0.25, 0.3) is 0 Å². The van der Waals surface area contributed by atoms with E-state index in [1.54, 1.807) is 7.05 Å². The third-order valence-electron chi connectivity index (χ3n) is 6.25. The van der Waals surface area contributed by atoms with Crippen molar-refractivity contribution in [2.75, 3.05) is 32.4 Å². The van der Waals surface area contributed by atoms with Crippen LogP contribution >= 0.6 is 24.0 Å². The summed E-state index contributed by atoms with van der Waals surface area (Å²) in [5.41, 5.74) is 3.04. The van der Waals surface area contributed by atoms with E-state index in [1.807, 2.05) is 13.8 Å². The summed E-state index contributed by atoms with van der Waals surface area (Å²) in [4.78, 5) is 6.49. The predicted molar refractivity (Wildman–Crippen MR) is 116 cm³/mol. The van der Waals surface area contributed by atoms with E-state index in [0.29, 0.717) is 24.9 Å². The van der Waals surface area contributed by atoms with Crippen LogP contribution < -0.4 is 5.32 Å². The highest BCUT2D eigenvalue weighted by molar-refractivity contribution is 14.0. The summed E-state index contributed by atoms with van der Waals surface area (Å²) in [6.45, 7) is 5.55.